The van der Waals surface area contributed by atoms with Crippen LogP contribution < -0.4 is 16.0 Å². The number of aliphatic hydroxyl groups is 2. The molecular weight excluding hydrogens is 556 g/mol. The van der Waals surface area contributed by atoms with Crippen LogP contribution in [0.15, 0.2) is 67.1 Å². The highest BCUT2D eigenvalue weighted by molar-refractivity contribution is 7.89. The molecule has 15 nitrogen and oxygen atoms in total. The van der Waals surface area contributed by atoms with E-state index in [-0.39, 0.29) is 48.4 Å². The number of anilines is 2. The number of likely N-dealkylation sites (N-methyl/N-ethyl adjacent to an activating group) is 1. The van der Waals surface area contributed by atoms with Gasteiger partial charge in [-0.15, -0.1) is 13.2 Å². The van der Waals surface area contributed by atoms with Crippen LogP contribution in [0.4, 0.5) is 16.3 Å². The minimum atomic E-state index is -3.81. The molecule has 5 N–H and O–H groups in total. The van der Waals surface area contributed by atoms with Gasteiger partial charge in [0.25, 0.3) is 5.91 Å². The highest BCUT2D eigenvalue weighted by Crippen LogP contribution is 2.32. The zero-order valence-electron chi connectivity index (χ0n) is 22.8. The summed E-state index contributed by atoms with van der Waals surface area (Å²) in [7, 11) is -3.81. The molecule has 0 saturated carbocycles. The van der Waals surface area contributed by atoms with Crippen LogP contribution >= 0.6 is 0 Å². The molecule has 0 spiro atoms. The van der Waals surface area contributed by atoms with Gasteiger partial charge in [0.05, 0.1) is 11.2 Å². The number of ether oxygens (including phenoxy) is 1. The van der Waals surface area contributed by atoms with Crippen LogP contribution in [0.3, 0.4) is 0 Å². The normalized spacial score (nSPS) is 20.9. The van der Waals surface area contributed by atoms with Gasteiger partial charge in [-0.2, -0.15) is 4.31 Å². The first-order valence-corrected chi connectivity index (χ1v) is 13.7. The summed E-state index contributed by atoms with van der Waals surface area (Å²) in [5.74, 6) is -0.663. The summed E-state index contributed by atoms with van der Waals surface area (Å²) in [5, 5.41) is 28.5. The number of hydrogen-bond donors (Lipinski definition) is 5. The Labute approximate surface area is 237 Å². The second-order valence-electron chi connectivity index (χ2n) is 8.77. The molecule has 1 aromatic carbocycles. The van der Waals surface area contributed by atoms with Gasteiger partial charge in [0.1, 0.15) is 18.5 Å². The van der Waals surface area contributed by atoms with E-state index >= 15 is 0 Å². The van der Waals surface area contributed by atoms with Crippen molar-refractivity contribution in [3.63, 3.8) is 0 Å². The SMILES string of the molecule is [2H]CCNC(=O)[C@H]1OC(n2cnc3c(NC(=O)Nc4ccc(S(=O)(=O)N(CC=C)CC=C)cc4)ncnc32)[C@H](O)[C@@H]1O. The number of amides is 3. The van der Waals surface area contributed by atoms with Crippen molar-refractivity contribution in [3.05, 3.63) is 62.2 Å². The van der Waals surface area contributed by atoms with Crippen molar-refractivity contribution in [1.29, 1.82) is 0 Å². The molecule has 3 amide bonds. The molecular formula is C25H30N8O7S. The van der Waals surface area contributed by atoms with Gasteiger partial charge in [-0.3, -0.25) is 14.7 Å². The minimum absolute atomic E-state index is 0.0118. The number of aliphatic hydroxyl groups excluding tert-OH is 2. The van der Waals surface area contributed by atoms with E-state index in [4.69, 9.17) is 6.11 Å². The number of carbonyl (C=O) groups is 2. The van der Waals surface area contributed by atoms with Gasteiger partial charge >= 0.3 is 6.03 Å². The van der Waals surface area contributed by atoms with Crippen LogP contribution in [0.5, 0.6) is 0 Å². The number of carbonyl (C=O) groups excluding carboxylic acids is 2. The Morgan fingerprint density at radius 1 is 1.12 bits per heavy atom. The Morgan fingerprint density at radius 3 is 2.49 bits per heavy atom. The number of imidazole rings is 1. The van der Waals surface area contributed by atoms with Gasteiger partial charge < -0.3 is 25.6 Å². The lowest BCUT2D eigenvalue weighted by Gasteiger charge is -2.19. The standard InChI is InChI=1S/C25H30N8O7S/c1-4-11-32(12-5-2)41(38,39)16-9-7-15(8-10-16)30-25(37)31-21-17-22(28-13-27-21)33(14-29-17)24-19(35)18(34)20(40-24)23(36)26-6-3/h4-5,7-10,13-14,18-20,24,34-35H,1-2,6,11-12H2,3H3,(H,26,36)(H2,27,28,30,31,37)/t18-,19+,20-,24?/m0/s1/i3D. The number of rotatable bonds is 11. The third kappa shape index (κ3) is 6.10. The van der Waals surface area contributed by atoms with E-state index in [0.717, 1.165) is 6.33 Å². The Bertz CT molecular complexity index is 1560. The van der Waals surface area contributed by atoms with Crippen LogP contribution in [0.2, 0.25) is 0 Å². The first-order valence-electron chi connectivity index (χ1n) is 13.0. The smallest absolute Gasteiger partial charge is 0.324 e. The summed E-state index contributed by atoms with van der Waals surface area (Å²) in [6.07, 6.45) is -0.312. The van der Waals surface area contributed by atoms with Crippen molar-refractivity contribution in [2.24, 2.45) is 0 Å². The quantitative estimate of drug-likeness (QED) is 0.198. The molecule has 3 heterocycles. The van der Waals surface area contributed by atoms with Gasteiger partial charge in [0, 0.05) is 26.7 Å². The lowest BCUT2D eigenvalue weighted by atomic mass is 10.1. The molecule has 3 aromatic rings. The van der Waals surface area contributed by atoms with Crippen molar-refractivity contribution in [2.75, 3.05) is 30.3 Å². The highest BCUT2D eigenvalue weighted by atomic mass is 32.2. The topological polar surface area (TPSA) is 201 Å². The van der Waals surface area contributed by atoms with Gasteiger partial charge in [-0.05, 0) is 31.2 Å². The van der Waals surface area contributed by atoms with Gasteiger partial charge in [0.15, 0.2) is 29.3 Å². The number of nitrogens with one attached hydrogen (secondary N) is 3. The molecule has 1 aliphatic heterocycles. The number of sulfonamides is 1. The van der Waals surface area contributed by atoms with Crippen LogP contribution in [-0.2, 0) is 19.6 Å². The van der Waals surface area contributed by atoms with Crippen LogP contribution in [0, 0.1) is 0 Å². The second-order valence-corrected chi connectivity index (χ2v) is 10.7. The van der Waals surface area contributed by atoms with E-state index in [2.05, 4.69) is 44.1 Å². The minimum Gasteiger partial charge on any atom is -0.387 e. The molecule has 4 atom stereocenters. The van der Waals surface area contributed by atoms with E-state index in [1.165, 1.54) is 51.6 Å². The first-order chi connectivity index (χ1) is 20.1. The molecule has 16 heteroatoms. The Balaban J connectivity index is 1.47. The number of urea groups is 1. The monoisotopic (exact) mass is 587 g/mol. The maximum absolute atomic E-state index is 12.9. The second kappa shape index (κ2) is 12.5. The Morgan fingerprint density at radius 2 is 1.83 bits per heavy atom. The van der Waals surface area contributed by atoms with Crippen molar-refractivity contribution in [1.82, 2.24) is 29.1 Å². The summed E-state index contributed by atoms with van der Waals surface area (Å²) in [6, 6.07) is 4.86. The molecule has 0 aliphatic carbocycles. The van der Waals surface area contributed by atoms with Crippen molar-refractivity contribution in [2.45, 2.75) is 36.3 Å². The lowest BCUT2D eigenvalue weighted by molar-refractivity contribution is -0.137. The zero-order valence-corrected chi connectivity index (χ0v) is 22.6. The van der Waals surface area contributed by atoms with Crippen LogP contribution in [0.1, 0.15) is 14.5 Å². The van der Waals surface area contributed by atoms with E-state index in [1.807, 2.05) is 0 Å². The van der Waals surface area contributed by atoms with Gasteiger partial charge in [-0.25, -0.2) is 28.2 Å². The molecule has 1 fully saturated rings. The molecule has 1 aliphatic rings. The summed E-state index contributed by atoms with van der Waals surface area (Å²) in [6.45, 7) is 7.36. The average Bonchev–Trinajstić information content (AvgIpc) is 3.53. The fourth-order valence-corrected chi connectivity index (χ4v) is 5.53. The van der Waals surface area contributed by atoms with Crippen molar-refractivity contribution >= 4 is 44.6 Å². The average molecular weight is 588 g/mol. The van der Waals surface area contributed by atoms with E-state index in [9.17, 15) is 28.2 Å². The third-order valence-electron chi connectivity index (χ3n) is 6.08. The molecule has 218 valence electrons. The molecule has 1 saturated heterocycles. The highest BCUT2D eigenvalue weighted by Gasteiger charge is 2.47. The predicted molar refractivity (Wildman–Crippen MR) is 148 cm³/mol. The van der Waals surface area contributed by atoms with Gasteiger partial charge in [-0.1, -0.05) is 12.2 Å². The van der Waals surface area contributed by atoms with Crippen LogP contribution in [0.25, 0.3) is 11.2 Å². The fraction of sp³-hybridized carbons (Fsp3) is 0.320. The fourth-order valence-electron chi connectivity index (χ4n) is 4.15. The Kier molecular flexibility index (Phi) is 8.65. The number of aromatic nitrogens is 4. The summed E-state index contributed by atoms with van der Waals surface area (Å²) in [4.78, 5) is 37.4. The summed E-state index contributed by atoms with van der Waals surface area (Å²) < 4.78 is 41.0. The summed E-state index contributed by atoms with van der Waals surface area (Å²) in [5.41, 5.74) is 0.570. The number of nitrogens with zero attached hydrogens (tertiary/aromatic N) is 5. The lowest BCUT2D eigenvalue weighted by Crippen LogP contribution is -2.42. The molecule has 41 heavy (non-hydrogen) atoms. The van der Waals surface area contributed by atoms with Crippen molar-refractivity contribution < 1.29 is 34.3 Å². The molecule has 0 radical (unpaired) electrons. The van der Waals surface area contributed by atoms with E-state index < -0.39 is 46.5 Å². The zero-order chi connectivity index (χ0) is 30.4. The van der Waals surface area contributed by atoms with Gasteiger partial charge in [0.2, 0.25) is 10.0 Å². The van der Waals surface area contributed by atoms with Crippen molar-refractivity contribution in [3.8, 4) is 0 Å². The maximum Gasteiger partial charge on any atom is 0.324 e. The molecule has 2 aromatic heterocycles. The molecule has 0 bridgehead atoms. The van der Waals surface area contributed by atoms with E-state index in [1.54, 1.807) is 0 Å². The third-order valence-corrected chi connectivity index (χ3v) is 7.92. The van der Waals surface area contributed by atoms with E-state index in [0.29, 0.717) is 5.69 Å². The molecule has 4 rings (SSSR count). The largest absolute Gasteiger partial charge is 0.387 e. The number of hydrogen-bond acceptors (Lipinski definition) is 10. The maximum atomic E-state index is 12.9. The Hall–Kier alpha value is -4.22. The number of fused-ring (bicyclic) bond motifs is 1. The first kappa shape index (κ1) is 28.3. The van der Waals surface area contributed by atoms with Crippen LogP contribution in [-0.4, -0.2) is 92.3 Å². The predicted octanol–water partition coefficient (Wildman–Crippen LogP) is 0.588. The molecule has 1 unspecified atom stereocenters. The number of benzene rings is 1. The summed E-state index contributed by atoms with van der Waals surface area (Å²) >= 11 is 0.